The number of aliphatic hydroxyl groups excluding tert-OH is 9. The summed E-state index contributed by atoms with van der Waals surface area (Å²) in [4.78, 5) is 26.9. The lowest BCUT2D eigenvalue weighted by Gasteiger charge is -2.45. The summed E-state index contributed by atoms with van der Waals surface area (Å²) in [6.45, 7) is -0.0916. The van der Waals surface area contributed by atoms with E-state index < -0.39 is 134 Å². The van der Waals surface area contributed by atoms with Crippen molar-refractivity contribution in [1.29, 1.82) is 0 Å². The van der Waals surface area contributed by atoms with Gasteiger partial charge >= 0.3 is 5.97 Å². The Bertz CT molecular complexity index is 2330. The third kappa shape index (κ3) is 9.64. The van der Waals surface area contributed by atoms with Gasteiger partial charge in [-0.1, -0.05) is 12.1 Å². The van der Waals surface area contributed by atoms with Crippen molar-refractivity contribution in [3.8, 4) is 40.1 Å². The molecule has 3 aliphatic heterocycles. The number of carbonyl (C=O) groups is 1. The number of hydrogen-bond donors (Lipinski definition) is 12. The zero-order valence-corrected chi connectivity index (χ0v) is 33.5. The smallest absolute Gasteiger partial charge is 0.330 e. The maximum atomic E-state index is 14.4. The van der Waals surface area contributed by atoms with Gasteiger partial charge in [0.05, 0.1) is 12.7 Å². The largest absolute Gasteiger partial charge is 0.508 e. The molecule has 0 bridgehead atoms. The molecule has 0 saturated carbocycles. The van der Waals surface area contributed by atoms with Crippen LogP contribution in [-0.4, -0.2) is 173 Å². The first-order chi connectivity index (χ1) is 30.4. The van der Waals surface area contributed by atoms with Crippen LogP contribution in [0.2, 0.25) is 0 Å². The van der Waals surface area contributed by atoms with Crippen LogP contribution in [0.3, 0.4) is 0 Å². The number of carbonyl (C=O) groups excluding carboxylic acids is 1. The molecule has 1 aromatic heterocycles. The Morgan fingerprint density at radius 1 is 0.688 bits per heavy atom. The SMILES string of the molecule is CC1OC(Oc2c(-c3ccc(O)cc3)oc3cc(OC4OC(CO)C(O)C(O)C4O)cc(O)c3c2=O)C(OC2OC(COC(=O)/C=C/c3ccc(O)cc3)C(O)C(O)C2O)C(O)C1O. The molecule has 0 aliphatic carbocycles. The van der Waals surface area contributed by atoms with Crippen molar-refractivity contribution in [2.75, 3.05) is 13.2 Å². The lowest BCUT2D eigenvalue weighted by Crippen LogP contribution is -2.64. The zero-order valence-electron chi connectivity index (χ0n) is 33.5. The van der Waals surface area contributed by atoms with Crippen LogP contribution < -0.4 is 14.9 Å². The Hall–Kier alpha value is -5.44. The van der Waals surface area contributed by atoms with Crippen LogP contribution in [0, 0.1) is 0 Å². The van der Waals surface area contributed by atoms with Gasteiger partial charge in [-0.2, -0.15) is 0 Å². The van der Waals surface area contributed by atoms with E-state index in [9.17, 15) is 70.9 Å². The summed E-state index contributed by atoms with van der Waals surface area (Å²) in [6, 6.07) is 13.0. The van der Waals surface area contributed by atoms with Crippen LogP contribution in [0.25, 0.3) is 28.4 Å². The van der Waals surface area contributed by atoms with E-state index in [2.05, 4.69) is 0 Å². The normalized spacial score (nSPS) is 33.2. The van der Waals surface area contributed by atoms with E-state index in [4.69, 9.17) is 37.6 Å². The fourth-order valence-corrected chi connectivity index (χ4v) is 7.18. The van der Waals surface area contributed by atoms with Crippen LogP contribution in [-0.2, 0) is 28.5 Å². The van der Waals surface area contributed by atoms with E-state index in [-0.39, 0.29) is 34.2 Å². The molecule has 4 heterocycles. The lowest BCUT2D eigenvalue weighted by atomic mass is 9.97. The van der Waals surface area contributed by atoms with E-state index in [0.717, 1.165) is 18.2 Å². The Balaban J connectivity index is 1.17. The molecule has 3 aromatic carbocycles. The molecular formula is C42H46O22. The monoisotopic (exact) mass is 902 g/mol. The number of aliphatic hydroxyl groups is 9. The molecule has 15 atom stereocenters. The Labute approximate surface area is 361 Å². The molecule has 4 aromatic rings. The molecule has 22 nitrogen and oxygen atoms in total. The van der Waals surface area contributed by atoms with Crippen molar-refractivity contribution >= 4 is 23.0 Å². The minimum Gasteiger partial charge on any atom is -0.508 e. The predicted octanol–water partition coefficient (Wildman–Crippen LogP) is -1.95. The molecule has 346 valence electrons. The van der Waals surface area contributed by atoms with E-state index in [0.29, 0.717) is 5.56 Å². The summed E-state index contributed by atoms with van der Waals surface area (Å²) in [5, 5.41) is 125. The number of hydrogen-bond acceptors (Lipinski definition) is 22. The first-order valence-corrected chi connectivity index (χ1v) is 19.7. The van der Waals surface area contributed by atoms with E-state index in [1.807, 2.05) is 0 Å². The number of phenolic OH excluding ortho intramolecular Hbond substituents is 3. The molecule has 3 saturated heterocycles. The van der Waals surface area contributed by atoms with Gasteiger partial charge in [0, 0.05) is 23.8 Å². The third-order valence-corrected chi connectivity index (χ3v) is 10.8. The lowest BCUT2D eigenvalue weighted by molar-refractivity contribution is -0.355. The highest BCUT2D eigenvalue weighted by Gasteiger charge is 2.51. The minimum absolute atomic E-state index is 0.00919. The van der Waals surface area contributed by atoms with Gasteiger partial charge in [0.2, 0.25) is 23.8 Å². The second-order valence-corrected chi connectivity index (χ2v) is 15.2. The van der Waals surface area contributed by atoms with Gasteiger partial charge in [-0.15, -0.1) is 0 Å². The fourth-order valence-electron chi connectivity index (χ4n) is 7.18. The Kier molecular flexibility index (Phi) is 14.1. The maximum Gasteiger partial charge on any atom is 0.330 e. The predicted molar refractivity (Wildman–Crippen MR) is 212 cm³/mol. The van der Waals surface area contributed by atoms with Crippen molar-refractivity contribution in [2.24, 2.45) is 0 Å². The van der Waals surface area contributed by atoms with Gasteiger partial charge in [0.1, 0.15) is 102 Å². The van der Waals surface area contributed by atoms with Crippen molar-refractivity contribution in [3.63, 3.8) is 0 Å². The Morgan fingerprint density at radius 2 is 1.30 bits per heavy atom. The molecule has 12 N–H and O–H groups in total. The molecule has 3 fully saturated rings. The fraction of sp³-hybridized carbons (Fsp3) is 0.429. The molecule has 22 heteroatoms. The number of rotatable bonds is 12. The molecule has 15 unspecified atom stereocenters. The molecule has 64 heavy (non-hydrogen) atoms. The average Bonchev–Trinajstić information content (AvgIpc) is 3.27. The first kappa shape index (κ1) is 46.5. The maximum absolute atomic E-state index is 14.4. The third-order valence-electron chi connectivity index (χ3n) is 10.8. The van der Waals surface area contributed by atoms with Crippen LogP contribution in [0.15, 0.2) is 76.0 Å². The quantitative estimate of drug-likeness (QED) is 0.0543. The van der Waals surface area contributed by atoms with Gasteiger partial charge < -0.3 is 98.9 Å². The van der Waals surface area contributed by atoms with Crippen molar-refractivity contribution in [1.82, 2.24) is 0 Å². The summed E-state index contributed by atoms with van der Waals surface area (Å²) < 4.78 is 45.8. The van der Waals surface area contributed by atoms with E-state index in [1.54, 1.807) is 0 Å². The second kappa shape index (κ2) is 19.3. The first-order valence-electron chi connectivity index (χ1n) is 19.7. The van der Waals surface area contributed by atoms with Gasteiger partial charge in [0.15, 0.2) is 18.2 Å². The molecular weight excluding hydrogens is 856 g/mol. The van der Waals surface area contributed by atoms with Crippen LogP contribution in [0.5, 0.6) is 28.7 Å². The van der Waals surface area contributed by atoms with Crippen molar-refractivity contribution in [3.05, 3.63) is 82.5 Å². The summed E-state index contributed by atoms with van der Waals surface area (Å²) in [5.74, 6) is -3.18. The van der Waals surface area contributed by atoms with Gasteiger partial charge in [-0.25, -0.2) is 4.79 Å². The second-order valence-electron chi connectivity index (χ2n) is 15.2. The summed E-state index contributed by atoms with van der Waals surface area (Å²) >= 11 is 0. The molecule has 0 radical (unpaired) electrons. The zero-order chi connectivity index (χ0) is 46.1. The summed E-state index contributed by atoms with van der Waals surface area (Å²) in [7, 11) is 0. The molecule has 3 aliphatic rings. The number of ether oxygens (including phenoxy) is 7. The number of fused-ring (bicyclic) bond motifs is 1. The van der Waals surface area contributed by atoms with Crippen LogP contribution in [0.1, 0.15) is 12.5 Å². The van der Waals surface area contributed by atoms with Crippen molar-refractivity contribution in [2.45, 2.75) is 99.0 Å². The molecule has 0 spiro atoms. The number of phenols is 3. The van der Waals surface area contributed by atoms with Gasteiger partial charge in [0.25, 0.3) is 0 Å². The van der Waals surface area contributed by atoms with Gasteiger partial charge in [-0.05, 0) is 55.0 Å². The number of benzene rings is 3. The van der Waals surface area contributed by atoms with Gasteiger partial charge in [-0.3, -0.25) is 4.79 Å². The number of esters is 1. The highest BCUT2D eigenvalue weighted by atomic mass is 16.8. The minimum atomic E-state index is -2.03. The van der Waals surface area contributed by atoms with Crippen LogP contribution in [0.4, 0.5) is 0 Å². The average molecular weight is 903 g/mol. The van der Waals surface area contributed by atoms with Crippen molar-refractivity contribution < 1.29 is 104 Å². The topological polar surface area (TPSA) is 355 Å². The molecule has 7 rings (SSSR count). The van der Waals surface area contributed by atoms with Crippen LogP contribution >= 0.6 is 0 Å². The molecule has 0 amide bonds. The summed E-state index contributed by atoms with van der Waals surface area (Å²) in [5.41, 5.74) is -0.785. The van der Waals surface area contributed by atoms with E-state index >= 15 is 0 Å². The van der Waals surface area contributed by atoms with E-state index in [1.165, 1.54) is 61.5 Å². The highest BCUT2D eigenvalue weighted by molar-refractivity contribution is 5.88. The summed E-state index contributed by atoms with van der Waals surface area (Å²) in [6.07, 6.45) is -23.9. The Morgan fingerprint density at radius 3 is 1.95 bits per heavy atom. The standard InChI is InChI=1S/C42H46O22/c1-16-28(48)34(54)39(64-41-36(56)33(53)30(50)25(62-41)15-57-26(47)11-4-17-2-7-19(44)8-3-17)42(58-16)63-38-31(51)27-22(46)12-21(59-40-35(55)32(52)29(49)24(14-43)61-40)13-23(27)60-37(38)18-5-9-20(45)10-6-18/h2-13,16,24-25,28-30,32-36,39-46,48-50,52-56H,14-15H2,1H3/b11-4+. The highest BCUT2D eigenvalue weighted by Crippen LogP contribution is 2.39. The number of aromatic hydroxyl groups is 3.